The second kappa shape index (κ2) is 8.89. The summed E-state index contributed by atoms with van der Waals surface area (Å²) in [5.74, 6) is 2.01. The van der Waals surface area contributed by atoms with Crippen molar-refractivity contribution in [2.45, 2.75) is 11.5 Å². The van der Waals surface area contributed by atoms with Crippen LogP contribution < -0.4 is 0 Å². The van der Waals surface area contributed by atoms with Crippen molar-refractivity contribution in [3.05, 3.63) is 132 Å². The van der Waals surface area contributed by atoms with E-state index in [1.807, 2.05) is 36.0 Å². The highest BCUT2D eigenvalue weighted by Crippen LogP contribution is 2.42. The van der Waals surface area contributed by atoms with Crippen LogP contribution in [-0.4, -0.2) is 0 Å². The third kappa shape index (κ3) is 3.66. The SMILES string of the molecule is c1ccc2c(c1)oc1cc(-c3ccc4c(c3)-c3cc(-c5ccc6c(c5)oc5ccccc56)ccc3CSC4)ccc12. The lowest BCUT2D eigenvalue weighted by atomic mass is 9.90. The quantitative estimate of drug-likeness (QED) is 0.216. The van der Waals surface area contributed by atoms with Crippen LogP contribution in [0, 0.1) is 0 Å². The van der Waals surface area contributed by atoms with Crippen molar-refractivity contribution < 1.29 is 8.83 Å². The van der Waals surface area contributed by atoms with Gasteiger partial charge in [-0.15, -0.1) is 0 Å². The lowest BCUT2D eigenvalue weighted by Gasteiger charge is -2.14. The van der Waals surface area contributed by atoms with Crippen LogP contribution in [-0.2, 0) is 11.5 Å². The molecule has 0 amide bonds. The summed E-state index contributed by atoms with van der Waals surface area (Å²) in [6.07, 6.45) is 0. The third-order valence-corrected chi connectivity index (χ3v) is 9.48. The van der Waals surface area contributed by atoms with E-state index in [1.165, 1.54) is 44.5 Å². The molecule has 3 heteroatoms. The number of thioether (sulfide) groups is 1. The molecule has 6 aromatic carbocycles. The monoisotopic (exact) mass is 544 g/mol. The molecular formula is C38H24O2S. The zero-order chi connectivity index (χ0) is 26.9. The van der Waals surface area contributed by atoms with Gasteiger partial charge in [0.2, 0.25) is 0 Å². The van der Waals surface area contributed by atoms with E-state index >= 15 is 0 Å². The predicted octanol–water partition coefficient (Wildman–Crippen LogP) is 11.2. The topological polar surface area (TPSA) is 26.3 Å². The van der Waals surface area contributed by atoms with Gasteiger partial charge >= 0.3 is 0 Å². The Hall–Kier alpha value is -4.73. The minimum absolute atomic E-state index is 0.929. The molecule has 194 valence electrons. The van der Waals surface area contributed by atoms with E-state index in [0.29, 0.717) is 0 Å². The van der Waals surface area contributed by atoms with Crippen LogP contribution in [0.15, 0.2) is 130 Å². The van der Waals surface area contributed by atoms with Gasteiger partial charge in [0.25, 0.3) is 0 Å². The van der Waals surface area contributed by atoms with Gasteiger partial charge in [0.1, 0.15) is 22.3 Å². The number of hydrogen-bond donors (Lipinski definition) is 0. The van der Waals surface area contributed by atoms with Crippen LogP contribution in [0.4, 0.5) is 0 Å². The van der Waals surface area contributed by atoms with Gasteiger partial charge in [-0.25, -0.2) is 0 Å². The zero-order valence-electron chi connectivity index (χ0n) is 22.2. The van der Waals surface area contributed by atoms with Crippen LogP contribution in [0.2, 0.25) is 0 Å². The van der Waals surface area contributed by atoms with Crippen molar-refractivity contribution in [1.29, 1.82) is 0 Å². The molecule has 9 rings (SSSR count). The average Bonchev–Trinajstić information content (AvgIpc) is 3.52. The maximum Gasteiger partial charge on any atom is 0.136 e. The maximum absolute atomic E-state index is 6.21. The molecule has 0 saturated heterocycles. The molecule has 2 aromatic heterocycles. The summed E-state index contributed by atoms with van der Waals surface area (Å²) >= 11 is 1.98. The van der Waals surface area contributed by atoms with Crippen LogP contribution in [0.25, 0.3) is 77.3 Å². The predicted molar refractivity (Wildman–Crippen MR) is 172 cm³/mol. The van der Waals surface area contributed by atoms with E-state index in [4.69, 9.17) is 8.83 Å². The molecule has 0 atom stereocenters. The summed E-state index contributed by atoms with van der Waals surface area (Å²) in [6, 6.07) is 43.6. The fourth-order valence-corrected chi connectivity index (χ4v) is 7.39. The van der Waals surface area contributed by atoms with Crippen molar-refractivity contribution in [2.24, 2.45) is 0 Å². The number of fused-ring (bicyclic) bond motifs is 9. The number of rotatable bonds is 2. The highest BCUT2D eigenvalue weighted by atomic mass is 32.2. The summed E-state index contributed by atoms with van der Waals surface area (Å²) < 4.78 is 12.4. The number of para-hydroxylation sites is 2. The summed E-state index contributed by atoms with van der Waals surface area (Å²) in [4.78, 5) is 0. The van der Waals surface area contributed by atoms with Gasteiger partial charge in [-0.05, 0) is 93.0 Å². The smallest absolute Gasteiger partial charge is 0.136 e. The molecule has 1 aliphatic rings. The number of benzene rings is 6. The maximum atomic E-state index is 6.21. The van der Waals surface area contributed by atoms with Gasteiger partial charge in [0, 0.05) is 33.1 Å². The van der Waals surface area contributed by atoms with Crippen molar-refractivity contribution in [3.63, 3.8) is 0 Å². The van der Waals surface area contributed by atoms with Gasteiger partial charge in [0.15, 0.2) is 0 Å². The van der Waals surface area contributed by atoms with E-state index in [0.717, 1.165) is 55.4 Å². The molecule has 0 N–H and O–H groups in total. The Morgan fingerprint density at radius 1 is 0.390 bits per heavy atom. The molecule has 3 heterocycles. The molecule has 41 heavy (non-hydrogen) atoms. The van der Waals surface area contributed by atoms with E-state index in [-0.39, 0.29) is 0 Å². The first-order valence-electron chi connectivity index (χ1n) is 14.0. The van der Waals surface area contributed by atoms with E-state index in [2.05, 4.69) is 97.1 Å². The Morgan fingerprint density at radius 3 is 1.32 bits per heavy atom. The highest BCUT2D eigenvalue weighted by molar-refractivity contribution is 7.97. The van der Waals surface area contributed by atoms with Crippen molar-refractivity contribution in [1.82, 2.24) is 0 Å². The van der Waals surface area contributed by atoms with Crippen LogP contribution >= 0.6 is 11.8 Å². The minimum atomic E-state index is 0.929. The Bertz CT molecular complexity index is 2140. The zero-order valence-corrected chi connectivity index (χ0v) is 23.0. The second-order valence-corrected chi connectivity index (χ2v) is 11.8. The molecule has 0 spiro atoms. The molecular weight excluding hydrogens is 520 g/mol. The molecule has 1 aliphatic heterocycles. The van der Waals surface area contributed by atoms with E-state index in [1.54, 1.807) is 0 Å². The minimum Gasteiger partial charge on any atom is -0.456 e. The molecule has 2 nitrogen and oxygen atoms in total. The summed E-state index contributed by atoms with van der Waals surface area (Å²) in [6.45, 7) is 0. The normalized spacial score (nSPS) is 13.1. The standard InChI is InChI=1S/C38H24O2S/c1-3-7-35-29(5-1)31-15-13-25(19-37(31)39-35)23-9-11-27-21-41-22-28-12-10-24(18-34(28)33(27)17-23)26-14-16-32-30-6-2-4-8-36(30)40-38(32)20-26/h1-20H,21-22H2. The summed E-state index contributed by atoms with van der Waals surface area (Å²) in [7, 11) is 0. The first-order valence-corrected chi connectivity index (χ1v) is 15.1. The summed E-state index contributed by atoms with van der Waals surface area (Å²) in [5, 5.41) is 4.64. The van der Waals surface area contributed by atoms with Gasteiger partial charge in [-0.3, -0.25) is 0 Å². The Labute approximate surface area is 241 Å². The largest absolute Gasteiger partial charge is 0.456 e. The van der Waals surface area contributed by atoms with Gasteiger partial charge in [-0.2, -0.15) is 11.8 Å². The average molecular weight is 545 g/mol. The van der Waals surface area contributed by atoms with E-state index < -0.39 is 0 Å². The summed E-state index contributed by atoms with van der Waals surface area (Å²) in [5.41, 5.74) is 13.9. The molecule has 0 unspecified atom stereocenters. The van der Waals surface area contributed by atoms with Crippen molar-refractivity contribution in [3.8, 4) is 33.4 Å². The second-order valence-electron chi connectivity index (χ2n) is 10.9. The van der Waals surface area contributed by atoms with Gasteiger partial charge in [0.05, 0.1) is 0 Å². The van der Waals surface area contributed by atoms with Crippen molar-refractivity contribution in [2.75, 3.05) is 0 Å². The first kappa shape index (κ1) is 23.0. The van der Waals surface area contributed by atoms with Crippen molar-refractivity contribution >= 4 is 55.6 Å². The van der Waals surface area contributed by atoms with Gasteiger partial charge < -0.3 is 8.83 Å². The van der Waals surface area contributed by atoms with Crippen LogP contribution in [0.1, 0.15) is 11.1 Å². The Balaban J connectivity index is 1.17. The Kier molecular flexibility index (Phi) is 4.99. The Morgan fingerprint density at radius 2 is 0.805 bits per heavy atom. The molecule has 0 fully saturated rings. The van der Waals surface area contributed by atoms with Gasteiger partial charge in [-0.1, -0.05) is 72.8 Å². The number of furan rings is 2. The molecule has 0 bridgehead atoms. The van der Waals surface area contributed by atoms with Crippen LogP contribution in [0.3, 0.4) is 0 Å². The lowest BCUT2D eigenvalue weighted by molar-refractivity contribution is 0.668. The van der Waals surface area contributed by atoms with Crippen LogP contribution in [0.5, 0.6) is 0 Å². The lowest BCUT2D eigenvalue weighted by Crippen LogP contribution is -1.91. The first-order chi connectivity index (χ1) is 20.3. The molecule has 0 aliphatic carbocycles. The number of hydrogen-bond acceptors (Lipinski definition) is 3. The van der Waals surface area contributed by atoms with E-state index in [9.17, 15) is 0 Å². The molecule has 8 aromatic rings. The molecule has 0 saturated carbocycles. The fraction of sp³-hybridized carbons (Fsp3) is 0.0526. The fourth-order valence-electron chi connectivity index (χ4n) is 6.35. The third-order valence-electron chi connectivity index (χ3n) is 8.45. The molecule has 0 radical (unpaired) electrons. The highest BCUT2D eigenvalue weighted by Gasteiger charge is 2.18.